The summed E-state index contributed by atoms with van der Waals surface area (Å²) in [5.74, 6) is 0.917. The van der Waals surface area contributed by atoms with Gasteiger partial charge in [-0.2, -0.15) is 0 Å². The molecule has 2 saturated heterocycles. The Morgan fingerprint density at radius 3 is 2.40 bits per heavy atom. The number of benzene rings is 2. The van der Waals surface area contributed by atoms with Gasteiger partial charge in [0, 0.05) is 59.0 Å². The van der Waals surface area contributed by atoms with Crippen molar-refractivity contribution in [1.29, 1.82) is 0 Å². The molecule has 2 aromatic carbocycles. The van der Waals surface area contributed by atoms with E-state index in [0.717, 1.165) is 36.8 Å². The van der Waals surface area contributed by atoms with Gasteiger partial charge in [0.2, 0.25) is 0 Å². The summed E-state index contributed by atoms with van der Waals surface area (Å²) in [6.45, 7) is 1.47. The van der Waals surface area contributed by atoms with E-state index in [1.165, 1.54) is 10.6 Å². The number of rotatable bonds is 4. The van der Waals surface area contributed by atoms with Crippen molar-refractivity contribution in [3.63, 3.8) is 0 Å². The SMILES string of the molecule is O=C(N1CCC(O)(Cn2cnc(-c3ccccc3)cc2=O)C2(CCCC2)C1)N1CCS(=O)CC1c1ccccc1. The zero-order chi connectivity index (χ0) is 27.7. The van der Waals surface area contributed by atoms with Crippen LogP contribution in [-0.2, 0) is 17.3 Å². The van der Waals surface area contributed by atoms with Crippen LogP contribution in [0.4, 0.5) is 4.79 Å². The monoisotopic (exact) mass is 560 g/mol. The lowest BCUT2D eigenvalue weighted by Crippen LogP contribution is -2.64. The summed E-state index contributed by atoms with van der Waals surface area (Å²) in [7, 11) is -0.964. The molecular formula is C31H36N4O4S. The molecule has 3 heterocycles. The molecule has 2 aliphatic heterocycles. The Morgan fingerprint density at radius 2 is 1.70 bits per heavy atom. The van der Waals surface area contributed by atoms with Gasteiger partial charge in [0.15, 0.2) is 0 Å². The van der Waals surface area contributed by atoms with Gasteiger partial charge in [0.25, 0.3) is 5.56 Å². The summed E-state index contributed by atoms with van der Waals surface area (Å²) in [4.78, 5) is 35.4. The molecule has 40 heavy (non-hydrogen) atoms. The largest absolute Gasteiger partial charge is 0.387 e. The van der Waals surface area contributed by atoms with Crippen LogP contribution in [-0.4, -0.2) is 71.4 Å². The first-order chi connectivity index (χ1) is 19.4. The number of hydrogen-bond donors (Lipinski definition) is 1. The molecule has 0 bridgehead atoms. The van der Waals surface area contributed by atoms with Crippen molar-refractivity contribution < 1.29 is 14.1 Å². The van der Waals surface area contributed by atoms with Crippen LogP contribution in [0.2, 0.25) is 0 Å². The number of carbonyl (C=O) groups excluding carboxylic acids is 1. The van der Waals surface area contributed by atoms with Crippen molar-refractivity contribution in [2.75, 3.05) is 31.1 Å². The maximum absolute atomic E-state index is 14.0. The minimum atomic E-state index is -1.12. The summed E-state index contributed by atoms with van der Waals surface area (Å²) in [5, 5.41) is 12.2. The Kier molecular flexibility index (Phi) is 7.35. The minimum absolute atomic E-state index is 0.0510. The molecule has 1 N–H and O–H groups in total. The molecule has 210 valence electrons. The van der Waals surface area contributed by atoms with E-state index < -0.39 is 21.8 Å². The summed E-state index contributed by atoms with van der Waals surface area (Å²) in [6.07, 6.45) is 5.52. The van der Waals surface area contributed by atoms with Gasteiger partial charge in [-0.15, -0.1) is 0 Å². The van der Waals surface area contributed by atoms with Gasteiger partial charge >= 0.3 is 6.03 Å². The molecule has 2 amide bonds. The Morgan fingerprint density at radius 1 is 1.00 bits per heavy atom. The van der Waals surface area contributed by atoms with E-state index >= 15 is 0 Å². The smallest absolute Gasteiger partial charge is 0.320 e. The molecule has 8 nitrogen and oxygen atoms in total. The van der Waals surface area contributed by atoms with Crippen molar-refractivity contribution in [3.8, 4) is 11.3 Å². The lowest BCUT2D eigenvalue weighted by atomic mass is 9.66. The third-order valence-corrected chi connectivity index (χ3v) is 10.5. The summed E-state index contributed by atoms with van der Waals surface area (Å²) < 4.78 is 14.0. The average molecular weight is 561 g/mol. The fourth-order valence-electron chi connectivity index (χ4n) is 6.92. The van der Waals surface area contributed by atoms with Gasteiger partial charge in [0.1, 0.15) is 0 Å². The maximum Gasteiger partial charge on any atom is 0.320 e. The van der Waals surface area contributed by atoms with Crippen molar-refractivity contribution in [1.82, 2.24) is 19.4 Å². The zero-order valence-electron chi connectivity index (χ0n) is 22.7. The predicted octanol–water partition coefficient (Wildman–Crippen LogP) is 3.83. The van der Waals surface area contributed by atoms with Crippen LogP contribution in [0.3, 0.4) is 0 Å². The number of urea groups is 1. The second kappa shape index (κ2) is 10.9. The second-order valence-electron chi connectivity index (χ2n) is 11.5. The van der Waals surface area contributed by atoms with E-state index in [1.54, 1.807) is 6.33 Å². The highest BCUT2D eigenvalue weighted by Crippen LogP contribution is 2.52. The van der Waals surface area contributed by atoms with Gasteiger partial charge in [-0.3, -0.25) is 13.6 Å². The third-order valence-electron chi connectivity index (χ3n) is 9.20. The molecule has 3 fully saturated rings. The summed E-state index contributed by atoms with van der Waals surface area (Å²) in [5.41, 5.74) is 0.682. The van der Waals surface area contributed by atoms with Crippen molar-refractivity contribution in [2.24, 2.45) is 5.41 Å². The number of likely N-dealkylation sites (tertiary alicyclic amines) is 1. The van der Waals surface area contributed by atoms with Crippen molar-refractivity contribution >= 4 is 16.8 Å². The Balaban J connectivity index is 1.23. The van der Waals surface area contributed by atoms with Crippen LogP contribution in [0.25, 0.3) is 11.3 Å². The highest BCUT2D eigenvalue weighted by Gasteiger charge is 2.56. The molecule has 1 aliphatic carbocycles. The normalized spacial score (nSPS) is 26.2. The molecule has 3 aliphatic rings. The van der Waals surface area contributed by atoms with E-state index in [9.17, 15) is 18.9 Å². The van der Waals surface area contributed by atoms with E-state index in [4.69, 9.17) is 0 Å². The molecule has 3 aromatic rings. The average Bonchev–Trinajstić information content (AvgIpc) is 3.46. The predicted molar refractivity (Wildman–Crippen MR) is 155 cm³/mol. The molecule has 3 unspecified atom stereocenters. The fraction of sp³-hybridized carbons (Fsp3) is 0.452. The fourth-order valence-corrected chi connectivity index (χ4v) is 8.21. The van der Waals surface area contributed by atoms with Crippen LogP contribution < -0.4 is 5.56 Å². The van der Waals surface area contributed by atoms with Gasteiger partial charge in [-0.05, 0) is 24.8 Å². The standard InChI is InChI=1S/C31H36N4O4S/c36-28-19-26(24-9-3-1-4-10-24)32-23-34(28)22-31(38)15-16-33(21-30(31)13-7-8-14-30)29(37)35-17-18-40(39)20-27(35)25-11-5-2-6-12-25/h1-6,9-12,19,23,27,38H,7-8,13-18,20-22H2. The number of aliphatic hydroxyl groups is 1. The molecule has 0 radical (unpaired) electrons. The third kappa shape index (κ3) is 5.01. The van der Waals surface area contributed by atoms with Crippen LogP contribution in [0.5, 0.6) is 0 Å². The molecule has 1 aromatic heterocycles. The van der Waals surface area contributed by atoms with Crippen molar-refractivity contribution in [2.45, 2.75) is 50.3 Å². The van der Waals surface area contributed by atoms with Crippen molar-refractivity contribution in [3.05, 3.63) is 89.0 Å². The van der Waals surface area contributed by atoms with Crippen LogP contribution >= 0.6 is 0 Å². The summed E-state index contributed by atoms with van der Waals surface area (Å²) >= 11 is 0. The highest BCUT2D eigenvalue weighted by atomic mass is 32.2. The molecule has 3 atom stereocenters. The Labute approximate surface area is 237 Å². The van der Waals surface area contributed by atoms with E-state index in [-0.39, 0.29) is 24.2 Å². The topological polar surface area (TPSA) is 95.7 Å². The lowest BCUT2D eigenvalue weighted by molar-refractivity contribution is -0.136. The molecule has 6 rings (SSSR count). The van der Waals surface area contributed by atoms with E-state index in [2.05, 4.69) is 4.98 Å². The first-order valence-electron chi connectivity index (χ1n) is 14.2. The van der Waals surface area contributed by atoms with Gasteiger partial charge < -0.3 is 14.9 Å². The summed E-state index contributed by atoms with van der Waals surface area (Å²) in [6, 6.07) is 20.7. The molecule has 1 saturated carbocycles. The van der Waals surface area contributed by atoms with Gasteiger partial charge in [-0.1, -0.05) is 73.5 Å². The number of amides is 2. The molecule has 9 heteroatoms. The first kappa shape index (κ1) is 26.9. The molecule has 1 spiro atoms. The lowest BCUT2D eigenvalue weighted by Gasteiger charge is -2.53. The van der Waals surface area contributed by atoms with Crippen LogP contribution in [0.1, 0.15) is 43.7 Å². The Bertz CT molecular complexity index is 1440. The number of piperidine rings is 1. The number of nitrogens with zero attached hydrogens (tertiary/aromatic N) is 4. The van der Waals surface area contributed by atoms with Gasteiger partial charge in [-0.25, -0.2) is 9.78 Å². The number of hydrogen-bond acceptors (Lipinski definition) is 5. The maximum atomic E-state index is 14.0. The molecular weight excluding hydrogens is 524 g/mol. The quantitative estimate of drug-likeness (QED) is 0.523. The van der Waals surface area contributed by atoms with Crippen LogP contribution in [0, 0.1) is 5.41 Å². The van der Waals surface area contributed by atoms with Gasteiger partial charge in [0.05, 0.1) is 30.2 Å². The minimum Gasteiger partial charge on any atom is -0.387 e. The van der Waals surface area contributed by atoms with E-state index in [1.807, 2.05) is 70.5 Å². The van der Waals surface area contributed by atoms with E-state index in [0.29, 0.717) is 43.3 Å². The number of carbonyl (C=O) groups is 1. The zero-order valence-corrected chi connectivity index (χ0v) is 23.5. The Hall–Kier alpha value is -3.30. The second-order valence-corrected chi connectivity index (χ2v) is 13.1. The highest BCUT2D eigenvalue weighted by molar-refractivity contribution is 7.85. The first-order valence-corrected chi connectivity index (χ1v) is 15.7. The van der Waals surface area contributed by atoms with Crippen LogP contribution in [0.15, 0.2) is 77.9 Å². The number of aromatic nitrogens is 2.